The zero-order chi connectivity index (χ0) is 16.1. The minimum absolute atomic E-state index is 0.199. The monoisotopic (exact) mass is 343 g/mol. The van der Waals surface area contributed by atoms with Crippen molar-refractivity contribution in [3.63, 3.8) is 0 Å². The fourth-order valence-corrected chi connectivity index (χ4v) is 3.87. The van der Waals surface area contributed by atoms with Crippen LogP contribution in [-0.2, 0) is 17.8 Å². The molecule has 0 aliphatic carbocycles. The summed E-state index contributed by atoms with van der Waals surface area (Å²) in [6, 6.07) is 13.9. The number of thiophene rings is 1. The summed E-state index contributed by atoms with van der Waals surface area (Å²) in [5, 5.41) is 11.4. The van der Waals surface area contributed by atoms with Crippen molar-refractivity contribution in [3.05, 3.63) is 53.4 Å². The molecule has 0 fully saturated rings. The molecule has 0 aliphatic heterocycles. The molecule has 6 heteroatoms. The van der Waals surface area contributed by atoms with Crippen LogP contribution in [0.25, 0.3) is 10.7 Å². The molecule has 0 spiro atoms. The first kappa shape index (κ1) is 16.0. The van der Waals surface area contributed by atoms with Crippen LogP contribution < -0.4 is 0 Å². The number of hydrogen-bond acceptors (Lipinski definition) is 5. The molecule has 0 aliphatic rings. The van der Waals surface area contributed by atoms with Crippen LogP contribution in [0.5, 0.6) is 0 Å². The van der Waals surface area contributed by atoms with Crippen LogP contribution in [0.15, 0.2) is 53.0 Å². The highest BCUT2D eigenvalue weighted by Crippen LogP contribution is 2.27. The minimum atomic E-state index is 0.199. The fourth-order valence-electron chi connectivity index (χ4n) is 2.29. The highest BCUT2D eigenvalue weighted by molar-refractivity contribution is 7.99. The first-order valence-electron chi connectivity index (χ1n) is 7.43. The molecular formula is C17H17N3OS2. The van der Waals surface area contributed by atoms with Crippen LogP contribution in [-0.4, -0.2) is 26.3 Å². The Morgan fingerprint density at radius 1 is 1.17 bits per heavy atom. The molecule has 0 unspecified atom stereocenters. The summed E-state index contributed by atoms with van der Waals surface area (Å²) in [5.41, 5.74) is 1.05. The maximum Gasteiger partial charge on any atom is 0.191 e. The highest BCUT2D eigenvalue weighted by Gasteiger charge is 2.15. The van der Waals surface area contributed by atoms with E-state index in [1.54, 1.807) is 11.3 Å². The summed E-state index contributed by atoms with van der Waals surface area (Å²) in [6.07, 6.45) is 0.464. The molecule has 0 saturated carbocycles. The predicted molar refractivity (Wildman–Crippen MR) is 94.9 cm³/mol. The molecule has 4 nitrogen and oxygen atoms in total. The number of thioether (sulfide) groups is 1. The van der Waals surface area contributed by atoms with Crippen molar-refractivity contribution in [1.82, 2.24) is 14.8 Å². The lowest BCUT2D eigenvalue weighted by molar-refractivity contribution is -0.116. The molecule has 0 saturated heterocycles. The summed E-state index contributed by atoms with van der Waals surface area (Å²) in [6.45, 7) is 2.85. The van der Waals surface area contributed by atoms with Gasteiger partial charge in [-0.05, 0) is 23.9 Å². The molecule has 0 radical (unpaired) electrons. The molecule has 3 rings (SSSR count). The molecule has 0 bridgehead atoms. The average Bonchev–Trinajstić information content (AvgIpc) is 3.22. The van der Waals surface area contributed by atoms with Gasteiger partial charge in [0.1, 0.15) is 5.78 Å². The van der Waals surface area contributed by atoms with E-state index in [1.165, 1.54) is 11.8 Å². The van der Waals surface area contributed by atoms with E-state index in [-0.39, 0.29) is 5.78 Å². The molecule has 1 aromatic carbocycles. The van der Waals surface area contributed by atoms with Gasteiger partial charge in [-0.2, -0.15) is 0 Å². The minimum Gasteiger partial charge on any atom is -0.302 e. The third-order valence-electron chi connectivity index (χ3n) is 3.38. The van der Waals surface area contributed by atoms with Gasteiger partial charge in [0.25, 0.3) is 0 Å². The second kappa shape index (κ2) is 7.57. The van der Waals surface area contributed by atoms with Gasteiger partial charge < -0.3 is 4.57 Å². The van der Waals surface area contributed by atoms with Crippen molar-refractivity contribution in [2.45, 2.75) is 25.0 Å². The highest BCUT2D eigenvalue weighted by atomic mass is 32.2. The number of benzene rings is 1. The number of nitrogens with zero attached hydrogens (tertiary/aromatic N) is 3. The summed E-state index contributed by atoms with van der Waals surface area (Å²) in [4.78, 5) is 13.2. The quantitative estimate of drug-likeness (QED) is 0.610. The normalized spacial score (nSPS) is 10.8. The SMILES string of the molecule is CCn1c(SCC(=O)Cc2ccccc2)nnc1-c1cccs1. The van der Waals surface area contributed by atoms with Gasteiger partial charge in [0.2, 0.25) is 0 Å². The van der Waals surface area contributed by atoms with Crippen LogP contribution in [0.1, 0.15) is 12.5 Å². The summed E-state index contributed by atoms with van der Waals surface area (Å²) in [7, 11) is 0. The molecule has 2 aromatic heterocycles. The average molecular weight is 343 g/mol. The van der Waals surface area contributed by atoms with Crippen molar-refractivity contribution in [3.8, 4) is 10.7 Å². The first-order chi connectivity index (χ1) is 11.3. The number of aromatic nitrogens is 3. The van der Waals surface area contributed by atoms with E-state index in [9.17, 15) is 4.79 Å². The molecule has 2 heterocycles. The Kier molecular flexibility index (Phi) is 5.25. The summed E-state index contributed by atoms with van der Waals surface area (Å²) in [5.74, 6) is 1.49. The van der Waals surface area contributed by atoms with Crippen LogP contribution >= 0.6 is 23.1 Å². The van der Waals surface area contributed by atoms with Gasteiger partial charge in [0, 0.05) is 13.0 Å². The Hall–Kier alpha value is -1.92. The van der Waals surface area contributed by atoms with Gasteiger partial charge >= 0.3 is 0 Å². The van der Waals surface area contributed by atoms with E-state index in [4.69, 9.17) is 0 Å². The van der Waals surface area contributed by atoms with Crippen LogP contribution in [0, 0.1) is 0 Å². The van der Waals surface area contributed by atoms with Crippen molar-refractivity contribution in [1.29, 1.82) is 0 Å². The Morgan fingerprint density at radius 3 is 2.70 bits per heavy atom. The van der Waals surface area contributed by atoms with Crippen LogP contribution in [0.2, 0.25) is 0 Å². The number of carbonyl (C=O) groups excluding carboxylic acids is 1. The number of carbonyl (C=O) groups is 1. The van der Waals surface area contributed by atoms with Gasteiger partial charge in [-0.1, -0.05) is 48.2 Å². The van der Waals surface area contributed by atoms with Gasteiger partial charge in [0.15, 0.2) is 11.0 Å². The topological polar surface area (TPSA) is 47.8 Å². The van der Waals surface area contributed by atoms with Crippen molar-refractivity contribution in [2.24, 2.45) is 0 Å². The van der Waals surface area contributed by atoms with Crippen molar-refractivity contribution in [2.75, 3.05) is 5.75 Å². The van der Waals surface area contributed by atoms with Crippen molar-refractivity contribution < 1.29 is 4.79 Å². The van der Waals surface area contributed by atoms with Gasteiger partial charge in [-0.3, -0.25) is 4.79 Å². The molecule has 23 heavy (non-hydrogen) atoms. The number of Topliss-reactive ketones (excluding diaryl/α,β-unsaturated/α-hetero) is 1. The van der Waals surface area contributed by atoms with Gasteiger partial charge in [0.05, 0.1) is 10.6 Å². The van der Waals surface area contributed by atoms with E-state index >= 15 is 0 Å². The predicted octanol–water partition coefficient (Wildman–Crippen LogP) is 3.93. The van der Waals surface area contributed by atoms with E-state index in [0.29, 0.717) is 12.2 Å². The maximum absolute atomic E-state index is 12.1. The number of ketones is 1. The van der Waals surface area contributed by atoms with E-state index in [1.807, 2.05) is 47.8 Å². The molecule has 3 aromatic rings. The molecule has 118 valence electrons. The van der Waals surface area contributed by atoms with Crippen molar-refractivity contribution >= 4 is 28.9 Å². The third-order valence-corrected chi connectivity index (χ3v) is 5.27. The second-order valence-corrected chi connectivity index (χ2v) is 6.91. The number of hydrogen-bond donors (Lipinski definition) is 0. The van der Waals surface area contributed by atoms with Gasteiger partial charge in [-0.15, -0.1) is 21.5 Å². The van der Waals surface area contributed by atoms with E-state index in [0.717, 1.165) is 28.0 Å². The largest absolute Gasteiger partial charge is 0.302 e. The zero-order valence-corrected chi connectivity index (χ0v) is 14.4. The maximum atomic E-state index is 12.1. The number of rotatable bonds is 7. The third kappa shape index (κ3) is 3.89. The Bertz CT molecular complexity index is 767. The lowest BCUT2D eigenvalue weighted by Crippen LogP contribution is -2.07. The lowest BCUT2D eigenvalue weighted by Gasteiger charge is -2.06. The van der Waals surface area contributed by atoms with Crippen LogP contribution in [0.3, 0.4) is 0 Å². The zero-order valence-electron chi connectivity index (χ0n) is 12.8. The van der Waals surface area contributed by atoms with Crippen LogP contribution in [0.4, 0.5) is 0 Å². The second-order valence-electron chi connectivity index (χ2n) is 5.02. The first-order valence-corrected chi connectivity index (χ1v) is 9.30. The van der Waals surface area contributed by atoms with E-state index < -0.39 is 0 Å². The molecular weight excluding hydrogens is 326 g/mol. The Morgan fingerprint density at radius 2 is 2.00 bits per heavy atom. The summed E-state index contributed by atoms with van der Waals surface area (Å²) < 4.78 is 2.06. The molecule has 0 atom stereocenters. The Balaban J connectivity index is 1.65. The Labute approximate surface area is 143 Å². The molecule has 0 amide bonds. The standard InChI is InChI=1S/C17H17N3OS2/c1-2-20-16(15-9-6-10-22-15)18-19-17(20)23-12-14(21)11-13-7-4-3-5-8-13/h3-10H,2,11-12H2,1H3. The smallest absolute Gasteiger partial charge is 0.191 e. The summed E-state index contributed by atoms with van der Waals surface area (Å²) >= 11 is 3.11. The van der Waals surface area contributed by atoms with E-state index in [2.05, 4.69) is 21.7 Å². The lowest BCUT2D eigenvalue weighted by atomic mass is 10.1. The fraction of sp³-hybridized carbons (Fsp3) is 0.235. The van der Waals surface area contributed by atoms with Gasteiger partial charge in [-0.25, -0.2) is 0 Å². The molecule has 0 N–H and O–H groups in total.